The number of benzene rings is 1. The predicted molar refractivity (Wildman–Crippen MR) is 115 cm³/mol. The Hall–Kier alpha value is -0.820. The Morgan fingerprint density at radius 1 is 1.36 bits per heavy atom. The number of halogens is 1. The van der Waals surface area contributed by atoms with Crippen LogP contribution in [0.4, 0.5) is 0 Å². The molecule has 2 aliphatic heterocycles. The lowest BCUT2D eigenvalue weighted by Crippen LogP contribution is -2.45. The van der Waals surface area contributed by atoms with E-state index < -0.39 is 0 Å². The van der Waals surface area contributed by atoms with Gasteiger partial charge < -0.3 is 15.0 Å². The number of nitrogens with zero attached hydrogens (tertiary/aromatic N) is 2. The van der Waals surface area contributed by atoms with E-state index in [0.717, 1.165) is 38.8 Å². The van der Waals surface area contributed by atoms with Crippen molar-refractivity contribution in [2.24, 2.45) is 10.4 Å². The maximum Gasteiger partial charge on any atom is 0.193 e. The van der Waals surface area contributed by atoms with Crippen LogP contribution >= 0.6 is 24.0 Å². The third-order valence-electron chi connectivity index (χ3n) is 5.62. The second-order valence-electron chi connectivity index (χ2n) is 8.13. The molecular formula is C20H32IN3O. The molecule has 2 heterocycles. The average Bonchev–Trinajstić information content (AvgIpc) is 3.19. The Bertz CT molecular complexity index is 609. The molecule has 0 saturated carbocycles. The number of rotatable bonds is 3. The van der Waals surface area contributed by atoms with Gasteiger partial charge in [-0.15, -0.1) is 24.0 Å². The van der Waals surface area contributed by atoms with Gasteiger partial charge in [-0.25, -0.2) is 0 Å². The maximum atomic E-state index is 5.64. The standard InChI is InChI=1S/C20H31N3O.HI/c1-16-6-5-7-17(12-16)19(2,3)13-22-18(21-4)23-10-8-20(14-23)9-11-24-15-20;/h5-7,12H,8-11,13-15H2,1-4H3,(H,21,22);1H. The van der Waals surface area contributed by atoms with E-state index in [9.17, 15) is 0 Å². The van der Waals surface area contributed by atoms with E-state index in [2.05, 4.69) is 60.2 Å². The monoisotopic (exact) mass is 457 g/mol. The van der Waals surface area contributed by atoms with Crippen LogP contribution in [0.1, 0.15) is 37.8 Å². The van der Waals surface area contributed by atoms with Crippen molar-refractivity contribution in [2.45, 2.75) is 39.0 Å². The third-order valence-corrected chi connectivity index (χ3v) is 5.62. The number of guanidine groups is 1. The van der Waals surface area contributed by atoms with Crippen LogP contribution in [0.25, 0.3) is 0 Å². The summed E-state index contributed by atoms with van der Waals surface area (Å²) in [6.45, 7) is 11.6. The minimum Gasteiger partial charge on any atom is -0.381 e. The Balaban J connectivity index is 0.00000225. The van der Waals surface area contributed by atoms with Crippen LogP contribution in [0.5, 0.6) is 0 Å². The van der Waals surface area contributed by atoms with Crippen LogP contribution in [0.15, 0.2) is 29.3 Å². The van der Waals surface area contributed by atoms with Gasteiger partial charge in [-0.3, -0.25) is 4.99 Å². The highest BCUT2D eigenvalue weighted by Crippen LogP contribution is 2.38. The van der Waals surface area contributed by atoms with Crippen molar-refractivity contribution < 1.29 is 4.74 Å². The summed E-state index contributed by atoms with van der Waals surface area (Å²) in [6, 6.07) is 8.80. The molecule has 0 amide bonds. The summed E-state index contributed by atoms with van der Waals surface area (Å²) in [7, 11) is 1.89. The smallest absolute Gasteiger partial charge is 0.193 e. The minimum atomic E-state index is 0. The van der Waals surface area contributed by atoms with Gasteiger partial charge in [-0.2, -0.15) is 0 Å². The number of hydrogen-bond acceptors (Lipinski definition) is 2. The summed E-state index contributed by atoms with van der Waals surface area (Å²) in [5.74, 6) is 1.03. The maximum absolute atomic E-state index is 5.64. The molecule has 2 saturated heterocycles. The summed E-state index contributed by atoms with van der Waals surface area (Å²) in [5, 5.41) is 3.61. The lowest BCUT2D eigenvalue weighted by molar-refractivity contribution is 0.156. The van der Waals surface area contributed by atoms with Crippen molar-refractivity contribution in [2.75, 3.05) is 39.9 Å². The van der Waals surface area contributed by atoms with Crippen LogP contribution in [0.2, 0.25) is 0 Å². The minimum absolute atomic E-state index is 0. The van der Waals surface area contributed by atoms with Gasteiger partial charge in [-0.1, -0.05) is 43.7 Å². The first kappa shape index (κ1) is 20.5. The molecule has 1 aromatic carbocycles. The largest absolute Gasteiger partial charge is 0.381 e. The molecule has 1 atom stereocenters. The van der Waals surface area contributed by atoms with E-state index in [4.69, 9.17) is 4.74 Å². The van der Waals surface area contributed by atoms with Crippen molar-refractivity contribution in [1.82, 2.24) is 10.2 Å². The summed E-state index contributed by atoms with van der Waals surface area (Å²) < 4.78 is 5.64. The lowest BCUT2D eigenvalue weighted by Gasteiger charge is -2.30. The molecule has 4 nitrogen and oxygen atoms in total. The number of nitrogens with one attached hydrogen (secondary N) is 1. The summed E-state index contributed by atoms with van der Waals surface area (Å²) in [6.07, 6.45) is 2.41. The molecule has 25 heavy (non-hydrogen) atoms. The summed E-state index contributed by atoms with van der Waals surface area (Å²) in [5.41, 5.74) is 3.11. The van der Waals surface area contributed by atoms with Crippen molar-refractivity contribution >= 4 is 29.9 Å². The highest BCUT2D eigenvalue weighted by Gasteiger charge is 2.42. The van der Waals surface area contributed by atoms with Crippen molar-refractivity contribution in [3.05, 3.63) is 35.4 Å². The van der Waals surface area contributed by atoms with Gasteiger partial charge in [0.05, 0.1) is 6.61 Å². The second kappa shape index (κ2) is 8.25. The summed E-state index contributed by atoms with van der Waals surface area (Å²) >= 11 is 0. The molecule has 2 fully saturated rings. The quantitative estimate of drug-likeness (QED) is 0.429. The van der Waals surface area contributed by atoms with Crippen LogP contribution in [-0.2, 0) is 10.2 Å². The van der Waals surface area contributed by atoms with E-state index in [1.165, 1.54) is 24.0 Å². The van der Waals surface area contributed by atoms with E-state index in [1.54, 1.807) is 0 Å². The first-order valence-corrected chi connectivity index (χ1v) is 9.05. The normalized spacial score (nSPS) is 23.8. The first-order valence-electron chi connectivity index (χ1n) is 9.05. The molecule has 0 aliphatic carbocycles. The second-order valence-corrected chi connectivity index (χ2v) is 8.13. The first-order chi connectivity index (χ1) is 11.4. The Labute approximate surface area is 169 Å². The zero-order chi connectivity index (χ0) is 17.2. The van der Waals surface area contributed by atoms with Crippen molar-refractivity contribution in [3.8, 4) is 0 Å². The molecule has 0 bridgehead atoms. The fourth-order valence-electron chi connectivity index (χ4n) is 3.89. The molecule has 0 radical (unpaired) electrons. The molecule has 1 unspecified atom stereocenters. The molecule has 1 spiro atoms. The topological polar surface area (TPSA) is 36.9 Å². The van der Waals surface area contributed by atoms with E-state index >= 15 is 0 Å². The van der Waals surface area contributed by atoms with E-state index in [0.29, 0.717) is 5.41 Å². The zero-order valence-corrected chi connectivity index (χ0v) is 18.3. The van der Waals surface area contributed by atoms with Crippen LogP contribution in [0, 0.1) is 12.3 Å². The zero-order valence-electron chi connectivity index (χ0n) is 16.0. The average molecular weight is 457 g/mol. The van der Waals surface area contributed by atoms with Crippen LogP contribution in [0.3, 0.4) is 0 Å². The van der Waals surface area contributed by atoms with E-state index in [1.807, 2.05) is 7.05 Å². The molecular weight excluding hydrogens is 425 g/mol. The van der Waals surface area contributed by atoms with Gasteiger partial charge in [0, 0.05) is 44.1 Å². The Kier molecular flexibility index (Phi) is 6.76. The number of aliphatic imine (C=N–C) groups is 1. The summed E-state index contributed by atoms with van der Waals surface area (Å²) in [4.78, 5) is 6.93. The number of likely N-dealkylation sites (tertiary alicyclic amines) is 1. The van der Waals surface area contributed by atoms with Gasteiger partial charge in [0.25, 0.3) is 0 Å². The van der Waals surface area contributed by atoms with Crippen LogP contribution in [-0.4, -0.2) is 50.8 Å². The number of ether oxygens (including phenoxy) is 1. The Morgan fingerprint density at radius 3 is 2.80 bits per heavy atom. The number of hydrogen-bond donors (Lipinski definition) is 1. The predicted octanol–water partition coefficient (Wildman–Crippen LogP) is 3.58. The molecule has 140 valence electrons. The third kappa shape index (κ3) is 4.67. The van der Waals surface area contributed by atoms with Gasteiger partial charge in [-0.05, 0) is 25.3 Å². The molecule has 1 aromatic rings. The SMILES string of the molecule is CN=C(NCC(C)(C)c1cccc(C)c1)N1CCC2(CCOC2)C1.I. The lowest BCUT2D eigenvalue weighted by atomic mass is 9.84. The molecule has 0 aromatic heterocycles. The van der Waals surface area contributed by atoms with Crippen molar-refractivity contribution in [1.29, 1.82) is 0 Å². The number of aryl methyl sites for hydroxylation is 1. The molecule has 2 aliphatic rings. The fourth-order valence-corrected chi connectivity index (χ4v) is 3.89. The highest BCUT2D eigenvalue weighted by atomic mass is 127. The molecule has 5 heteroatoms. The van der Waals surface area contributed by atoms with Gasteiger partial charge >= 0.3 is 0 Å². The Morgan fingerprint density at radius 2 is 2.16 bits per heavy atom. The van der Waals surface area contributed by atoms with Gasteiger partial charge in [0.15, 0.2) is 5.96 Å². The fraction of sp³-hybridized carbons (Fsp3) is 0.650. The van der Waals surface area contributed by atoms with Gasteiger partial charge in [0.1, 0.15) is 0 Å². The highest BCUT2D eigenvalue weighted by molar-refractivity contribution is 14.0. The van der Waals surface area contributed by atoms with Crippen LogP contribution < -0.4 is 5.32 Å². The van der Waals surface area contributed by atoms with E-state index in [-0.39, 0.29) is 29.4 Å². The van der Waals surface area contributed by atoms with Gasteiger partial charge in [0.2, 0.25) is 0 Å². The molecule has 3 rings (SSSR count). The molecule has 1 N–H and O–H groups in total. The van der Waals surface area contributed by atoms with Crippen molar-refractivity contribution in [3.63, 3.8) is 0 Å².